The summed E-state index contributed by atoms with van der Waals surface area (Å²) in [7, 11) is -3.66. The zero-order valence-electron chi connectivity index (χ0n) is 18.7. The molecule has 31 heavy (non-hydrogen) atoms. The molecule has 2 N–H and O–H groups in total. The number of nitrogens with zero attached hydrogens (tertiary/aromatic N) is 1. The first-order valence-electron chi connectivity index (χ1n) is 10.9. The van der Waals surface area contributed by atoms with Crippen molar-refractivity contribution in [3.63, 3.8) is 0 Å². The highest BCUT2D eigenvalue weighted by Gasteiger charge is 2.26. The Morgan fingerprint density at radius 1 is 1.23 bits per heavy atom. The molecule has 0 saturated carbocycles. The molecule has 3 rings (SSSR count). The van der Waals surface area contributed by atoms with E-state index in [2.05, 4.69) is 33.3 Å². The van der Waals surface area contributed by atoms with Gasteiger partial charge in [-0.05, 0) is 81.8 Å². The maximum Gasteiger partial charge on any atom is 0.251 e. The Kier molecular flexibility index (Phi) is 7.91. The van der Waals surface area contributed by atoms with E-state index < -0.39 is 10.0 Å². The minimum atomic E-state index is -3.66. The normalized spacial score (nSPS) is 17.1. The Bertz CT molecular complexity index is 980. The van der Waals surface area contributed by atoms with E-state index >= 15 is 0 Å². The lowest BCUT2D eigenvalue weighted by Crippen LogP contribution is -2.41. The predicted molar refractivity (Wildman–Crippen MR) is 126 cm³/mol. The molecule has 0 spiro atoms. The van der Waals surface area contributed by atoms with E-state index in [9.17, 15) is 13.2 Å². The lowest BCUT2D eigenvalue weighted by atomic mass is 9.97. The average Bonchev–Trinajstić information content (AvgIpc) is 3.23. The van der Waals surface area contributed by atoms with Crippen molar-refractivity contribution in [1.29, 1.82) is 0 Å². The summed E-state index contributed by atoms with van der Waals surface area (Å²) in [6, 6.07) is 8.77. The number of likely N-dealkylation sites (tertiary alicyclic amines) is 1. The molecule has 1 atom stereocenters. The van der Waals surface area contributed by atoms with Crippen LogP contribution in [0.5, 0.6) is 0 Å². The molecule has 8 heteroatoms. The number of thiophene rings is 1. The Labute approximate surface area is 190 Å². The van der Waals surface area contributed by atoms with Crippen LogP contribution in [-0.2, 0) is 10.0 Å². The Hall–Kier alpha value is -1.74. The van der Waals surface area contributed by atoms with Gasteiger partial charge in [0, 0.05) is 23.0 Å². The van der Waals surface area contributed by atoms with E-state index in [1.54, 1.807) is 37.3 Å². The van der Waals surface area contributed by atoms with Crippen LogP contribution in [0.4, 0.5) is 0 Å². The molecule has 1 unspecified atom stereocenters. The smallest absolute Gasteiger partial charge is 0.251 e. The minimum Gasteiger partial charge on any atom is -0.350 e. The Balaban J connectivity index is 1.76. The fraction of sp³-hybridized carbons (Fsp3) is 0.522. The third-order valence-corrected chi connectivity index (χ3v) is 8.37. The number of aryl methyl sites for hydroxylation is 1. The number of sulfonamides is 1. The van der Waals surface area contributed by atoms with Crippen LogP contribution >= 0.6 is 11.3 Å². The van der Waals surface area contributed by atoms with Gasteiger partial charge in [0.15, 0.2) is 0 Å². The molecule has 6 nitrogen and oxygen atoms in total. The number of hydrogen-bond donors (Lipinski definition) is 2. The van der Waals surface area contributed by atoms with Crippen molar-refractivity contribution in [1.82, 2.24) is 14.9 Å². The third-order valence-electron chi connectivity index (χ3n) is 5.74. The summed E-state index contributed by atoms with van der Waals surface area (Å²) in [4.78, 5) is 16.8. The van der Waals surface area contributed by atoms with Gasteiger partial charge < -0.3 is 5.32 Å². The molecule has 1 aliphatic rings. The second-order valence-corrected chi connectivity index (χ2v) is 11.4. The summed E-state index contributed by atoms with van der Waals surface area (Å²) < 4.78 is 27.6. The molecule has 2 heterocycles. The van der Waals surface area contributed by atoms with Crippen LogP contribution in [0.1, 0.15) is 60.5 Å². The molecular formula is C23H33N3O3S2. The molecule has 1 saturated heterocycles. The molecule has 0 aliphatic carbocycles. The summed E-state index contributed by atoms with van der Waals surface area (Å²) in [5, 5.41) is 5.13. The van der Waals surface area contributed by atoms with Crippen molar-refractivity contribution in [3.05, 3.63) is 51.7 Å². The maximum absolute atomic E-state index is 13.0. The highest BCUT2D eigenvalue weighted by molar-refractivity contribution is 7.89. The maximum atomic E-state index is 13.0. The van der Waals surface area contributed by atoms with Crippen molar-refractivity contribution in [2.24, 2.45) is 5.92 Å². The lowest BCUT2D eigenvalue weighted by Gasteiger charge is -2.36. The first-order valence-corrected chi connectivity index (χ1v) is 13.2. The zero-order valence-corrected chi connectivity index (χ0v) is 20.4. The van der Waals surface area contributed by atoms with Gasteiger partial charge in [-0.25, -0.2) is 13.1 Å². The second kappa shape index (κ2) is 10.3. The molecule has 1 aromatic carbocycles. The number of nitrogens with one attached hydrogen (secondary N) is 2. The van der Waals surface area contributed by atoms with Crippen LogP contribution in [-0.4, -0.2) is 44.9 Å². The van der Waals surface area contributed by atoms with Crippen molar-refractivity contribution in [2.45, 2.75) is 57.5 Å². The van der Waals surface area contributed by atoms with Crippen LogP contribution in [0.15, 0.2) is 40.6 Å². The fourth-order valence-corrected chi connectivity index (χ4v) is 6.04. The number of piperidine rings is 1. The molecule has 170 valence electrons. The molecule has 1 amide bonds. The number of amides is 1. The Morgan fingerprint density at radius 3 is 2.55 bits per heavy atom. The largest absolute Gasteiger partial charge is 0.350 e. The molecule has 1 aliphatic heterocycles. The van der Waals surface area contributed by atoms with Crippen LogP contribution in [0, 0.1) is 12.8 Å². The van der Waals surface area contributed by atoms with E-state index in [0.29, 0.717) is 12.1 Å². The van der Waals surface area contributed by atoms with E-state index in [1.165, 1.54) is 10.9 Å². The number of rotatable bonds is 8. The summed E-state index contributed by atoms with van der Waals surface area (Å²) in [6.07, 6.45) is 2.33. The standard InChI is InChI=1S/C23H33N3O3S2/c1-16(2)25-31(28,29)19-8-7-18(4)20(14-19)23(27)24-15-21(22-6-5-13-30-22)26-11-9-17(3)10-12-26/h5-8,13-14,16-17,21,25H,9-12,15H2,1-4H3,(H,24,27). The molecule has 2 aromatic rings. The zero-order chi connectivity index (χ0) is 22.6. The molecule has 0 radical (unpaired) electrons. The van der Waals surface area contributed by atoms with Crippen molar-refractivity contribution >= 4 is 27.3 Å². The molecular weight excluding hydrogens is 430 g/mol. The highest BCUT2D eigenvalue weighted by Crippen LogP contribution is 2.29. The van der Waals surface area contributed by atoms with Gasteiger partial charge in [0.05, 0.1) is 10.9 Å². The van der Waals surface area contributed by atoms with E-state index in [0.717, 1.165) is 37.4 Å². The van der Waals surface area contributed by atoms with Gasteiger partial charge in [-0.2, -0.15) is 0 Å². The van der Waals surface area contributed by atoms with Gasteiger partial charge in [0.2, 0.25) is 10.0 Å². The lowest BCUT2D eigenvalue weighted by molar-refractivity contribution is 0.0914. The predicted octanol–water partition coefficient (Wildman–Crippen LogP) is 3.95. The topological polar surface area (TPSA) is 78.5 Å². The van der Waals surface area contributed by atoms with Gasteiger partial charge in [0.25, 0.3) is 5.91 Å². The van der Waals surface area contributed by atoms with Gasteiger partial charge in [0.1, 0.15) is 0 Å². The van der Waals surface area contributed by atoms with E-state index in [-0.39, 0.29) is 22.9 Å². The van der Waals surface area contributed by atoms with Crippen molar-refractivity contribution < 1.29 is 13.2 Å². The van der Waals surface area contributed by atoms with Crippen molar-refractivity contribution in [3.8, 4) is 0 Å². The third kappa shape index (κ3) is 6.16. The quantitative estimate of drug-likeness (QED) is 0.621. The fourth-order valence-electron chi connectivity index (χ4n) is 3.91. The summed E-state index contributed by atoms with van der Waals surface area (Å²) in [5.41, 5.74) is 1.14. The van der Waals surface area contributed by atoms with Gasteiger partial charge >= 0.3 is 0 Å². The van der Waals surface area contributed by atoms with Gasteiger partial charge in [-0.1, -0.05) is 19.1 Å². The van der Waals surface area contributed by atoms with Gasteiger partial charge in [-0.15, -0.1) is 11.3 Å². The number of carbonyl (C=O) groups is 1. The number of carbonyl (C=O) groups excluding carboxylic acids is 1. The summed E-state index contributed by atoms with van der Waals surface area (Å²) in [5.74, 6) is 0.493. The number of hydrogen-bond acceptors (Lipinski definition) is 5. The van der Waals surface area contributed by atoms with Crippen LogP contribution in [0.25, 0.3) is 0 Å². The first kappa shape index (κ1) is 23.9. The highest BCUT2D eigenvalue weighted by atomic mass is 32.2. The minimum absolute atomic E-state index is 0.108. The Morgan fingerprint density at radius 2 is 1.94 bits per heavy atom. The molecule has 0 bridgehead atoms. The van der Waals surface area contributed by atoms with Crippen LogP contribution < -0.4 is 10.0 Å². The summed E-state index contributed by atoms with van der Waals surface area (Å²) >= 11 is 1.71. The van der Waals surface area contributed by atoms with E-state index in [1.807, 2.05) is 13.0 Å². The SMILES string of the molecule is Cc1ccc(S(=O)(=O)NC(C)C)cc1C(=O)NCC(c1cccs1)N1CCC(C)CC1. The molecule has 1 aromatic heterocycles. The first-order chi connectivity index (χ1) is 14.7. The average molecular weight is 464 g/mol. The second-order valence-electron chi connectivity index (χ2n) is 8.71. The van der Waals surface area contributed by atoms with E-state index in [4.69, 9.17) is 0 Å². The molecule has 1 fully saturated rings. The monoisotopic (exact) mass is 463 g/mol. The summed E-state index contributed by atoms with van der Waals surface area (Å²) in [6.45, 7) is 10.2. The number of benzene rings is 1. The van der Waals surface area contributed by atoms with Crippen LogP contribution in [0.2, 0.25) is 0 Å². The van der Waals surface area contributed by atoms with Crippen molar-refractivity contribution in [2.75, 3.05) is 19.6 Å². The van der Waals surface area contributed by atoms with Crippen LogP contribution in [0.3, 0.4) is 0 Å². The van der Waals surface area contributed by atoms with Gasteiger partial charge in [-0.3, -0.25) is 9.69 Å².